The Morgan fingerprint density at radius 1 is 1.43 bits per heavy atom. The summed E-state index contributed by atoms with van der Waals surface area (Å²) in [6.45, 7) is 1.87. The Labute approximate surface area is 81.0 Å². The smallest absolute Gasteiger partial charge is 0.320 e. The van der Waals surface area contributed by atoms with E-state index in [1.54, 1.807) is 6.07 Å². The SMILES string of the molecule is CO[N+](=O)c1cc2cc[nH]c2cc1C. The van der Waals surface area contributed by atoms with Crippen LogP contribution < -0.4 is 0 Å². The number of aromatic amines is 1. The number of aromatic nitrogens is 1. The average molecular weight is 191 g/mol. The van der Waals surface area contributed by atoms with Gasteiger partial charge in [-0.05, 0) is 19.1 Å². The molecule has 0 amide bonds. The third-order valence-electron chi connectivity index (χ3n) is 2.23. The van der Waals surface area contributed by atoms with Crippen LogP contribution in [0.4, 0.5) is 5.69 Å². The Bertz CT molecular complexity index is 488. The third kappa shape index (κ3) is 1.25. The van der Waals surface area contributed by atoms with Gasteiger partial charge in [0.25, 0.3) is 4.92 Å². The van der Waals surface area contributed by atoms with Crippen molar-refractivity contribution < 1.29 is 9.76 Å². The van der Waals surface area contributed by atoms with Gasteiger partial charge in [0.05, 0.1) is 4.91 Å². The number of nitrogens with zero attached hydrogens (tertiary/aromatic N) is 1. The van der Waals surface area contributed by atoms with Crippen LogP contribution in [0.2, 0.25) is 0 Å². The molecule has 0 unspecified atom stereocenters. The van der Waals surface area contributed by atoms with E-state index in [4.69, 9.17) is 0 Å². The normalized spacial score (nSPS) is 10.4. The number of nitrogens with one attached hydrogen (secondary N) is 1. The van der Waals surface area contributed by atoms with Crippen LogP contribution in [-0.2, 0) is 4.84 Å². The second-order valence-electron chi connectivity index (χ2n) is 3.14. The second kappa shape index (κ2) is 3.14. The van der Waals surface area contributed by atoms with E-state index in [0.717, 1.165) is 16.5 Å². The van der Waals surface area contributed by atoms with Crippen molar-refractivity contribution in [1.29, 1.82) is 0 Å². The van der Waals surface area contributed by atoms with Gasteiger partial charge in [-0.15, -0.1) is 0 Å². The standard InChI is InChI=1S/C10H11N2O2/c1-7-5-9-8(3-4-11-9)6-10(7)12(13)14-2/h3-6,11H,1-2H3/q+1. The van der Waals surface area contributed by atoms with Gasteiger partial charge in [-0.25, -0.2) is 4.84 Å². The molecule has 0 radical (unpaired) electrons. The largest absolute Gasteiger partial charge is 0.361 e. The van der Waals surface area contributed by atoms with Crippen LogP contribution in [0.5, 0.6) is 0 Å². The van der Waals surface area contributed by atoms with Crippen LogP contribution >= 0.6 is 0 Å². The van der Waals surface area contributed by atoms with Gasteiger partial charge in [-0.2, -0.15) is 0 Å². The summed E-state index contributed by atoms with van der Waals surface area (Å²) in [5.41, 5.74) is 2.45. The Hall–Kier alpha value is -1.84. The molecular weight excluding hydrogens is 180 g/mol. The molecular formula is C10H11N2O2+. The van der Waals surface area contributed by atoms with Crippen molar-refractivity contribution in [2.75, 3.05) is 7.11 Å². The maximum atomic E-state index is 11.3. The maximum absolute atomic E-state index is 11.3. The van der Waals surface area contributed by atoms with Gasteiger partial charge >= 0.3 is 5.69 Å². The van der Waals surface area contributed by atoms with Crippen molar-refractivity contribution in [2.45, 2.75) is 6.92 Å². The first-order valence-electron chi connectivity index (χ1n) is 4.31. The van der Waals surface area contributed by atoms with Crippen LogP contribution in [0.1, 0.15) is 5.56 Å². The fourth-order valence-electron chi connectivity index (χ4n) is 1.49. The zero-order valence-electron chi connectivity index (χ0n) is 8.07. The molecule has 4 heteroatoms. The van der Waals surface area contributed by atoms with Crippen molar-refractivity contribution >= 4 is 16.6 Å². The zero-order valence-corrected chi connectivity index (χ0v) is 8.07. The second-order valence-corrected chi connectivity index (χ2v) is 3.14. The van der Waals surface area contributed by atoms with E-state index in [2.05, 4.69) is 9.82 Å². The molecule has 0 saturated carbocycles. The zero-order chi connectivity index (χ0) is 10.1. The Morgan fingerprint density at radius 3 is 2.93 bits per heavy atom. The minimum absolute atomic E-state index is 0.516. The van der Waals surface area contributed by atoms with E-state index in [1.807, 2.05) is 25.3 Å². The molecule has 1 N–H and O–H groups in total. The molecule has 0 bridgehead atoms. The highest BCUT2D eigenvalue weighted by molar-refractivity contribution is 5.82. The summed E-state index contributed by atoms with van der Waals surface area (Å²) in [4.78, 5) is 19.5. The minimum atomic E-state index is 0.516. The Kier molecular flexibility index (Phi) is 1.96. The highest BCUT2D eigenvalue weighted by Gasteiger charge is 2.18. The van der Waals surface area contributed by atoms with Crippen LogP contribution in [0.15, 0.2) is 24.4 Å². The summed E-state index contributed by atoms with van der Waals surface area (Å²) in [6, 6.07) is 5.65. The van der Waals surface area contributed by atoms with Gasteiger partial charge in [0.15, 0.2) is 7.11 Å². The first-order chi connectivity index (χ1) is 6.72. The first-order valence-corrected chi connectivity index (χ1v) is 4.31. The summed E-state index contributed by atoms with van der Waals surface area (Å²) in [6.07, 6.45) is 1.84. The summed E-state index contributed by atoms with van der Waals surface area (Å²) < 4.78 is 0. The molecule has 72 valence electrons. The van der Waals surface area contributed by atoms with E-state index < -0.39 is 0 Å². The predicted octanol–water partition coefficient (Wildman–Crippen LogP) is 2.45. The number of fused-ring (bicyclic) bond motifs is 1. The highest BCUT2D eigenvalue weighted by Crippen LogP contribution is 2.24. The van der Waals surface area contributed by atoms with Crippen molar-refractivity contribution in [3.63, 3.8) is 0 Å². The molecule has 4 nitrogen and oxygen atoms in total. The third-order valence-corrected chi connectivity index (χ3v) is 2.23. The van der Waals surface area contributed by atoms with Crippen molar-refractivity contribution in [3.8, 4) is 0 Å². The van der Waals surface area contributed by atoms with Crippen LogP contribution in [0.3, 0.4) is 0 Å². The molecule has 1 aromatic carbocycles. The molecule has 1 aromatic heterocycles. The number of rotatable bonds is 2. The number of hydrogen-bond acceptors (Lipinski definition) is 2. The van der Waals surface area contributed by atoms with E-state index in [9.17, 15) is 4.91 Å². The number of aryl methyl sites for hydroxylation is 1. The molecule has 0 spiro atoms. The molecule has 0 saturated heterocycles. The molecule has 0 fully saturated rings. The average Bonchev–Trinajstić information content (AvgIpc) is 2.62. The summed E-state index contributed by atoms with van der Waals surface area (Å²) in [5.74, 6) is 0. The van der Waals surface area contributed by atoms with Gasteiger partial charge in [0.2, 0.25) is 0 Å². The predicted molar refractivity (Wildman–Crippen MR) is 53.3 cm³/mol. The van der Waals surface area contributed by atoms with E-state index in [1.165, 1.54) is 7.11 Å². The molecule has 0 aliphatic heterocycles. The molecule has 0 atom stereocenters. The minimum Gasteiger partial charge on any atom is -0.361 e. The maximum Gasteiger partial charge on any atom is 0.320 e. The lowest BCUT2D eigenvalue weighted by Gasteiger charge is -1.95. The lowest BCUT2D eigenvalue weighted by atomic mass is 10.1. The van der Waals surface area contributed by atoms with Crippen molar-refractivity contribution in [3.05, 3.63) is 34.9 Å². The topological polar surface area (TPSA) is 45.1 Å². The molecule has 2 aromatic rings. The quantitative estimate of drug-likeness (QED) is 0.741. The highest BCUT2D eigenvalue weighted by atomic mass is 16.8. The summed E-state index contributed by atoms with van der Waals surface area (Å²) >= 11 is 0. The lowest BCUT2D eigenvalue weighted by Crippen LogP contribution is -1.99. The molecule has 2 rings (SSSR count). The molecule has 14 heavy (non-hydrogen) atoms. The number of hydrogen-bond donors (Lipinski definition) is 1. The van der Waals surface area contributed by atoms with Gasteiger partial charge < -0.3 is 4.98 Å². The van der Waals surface area contributed by atoms with E-state index in [-0.39, 0.29) is 0 Å². The van der Waals surface area contributed by atoms with Gasteiger partial charge in [0.1, 0.15) is 0 Å². The van der Waals surface area contributed by atoms with Gasteiger partial charge in [-0.1, -0.05) is 0 Å². The van der Waals surface area contributed by atoms with E-state index >= 15 is 0 Å². The van der Waals surface area contributed by atoms with Crippen LogP contribution in [-0.4, -0.2) is 17.0 Å². The first kappa shape index (κ1) is 8.74. The Morgan fingerprint density at radius 2 is 2.21 bits per heavy atom. The van der Waals surface area contributed by atoms with Gasteiger partial charge in [0, 0.05) is 28.7 Å². The fourth-order valence-corrected chi connectivity index (χ4v) is 1.49. The molecule has 0 aliphatic rings. The molecule has 0 aliphatic carbocycles. The number of H-pyrrole nitrogens is 1. The molecule has 1 heterocycles. The van der Waals surface area contributed by atoms with Crippen molar-refractivity contribution in [1.82, 2.24) is 4.98 Å². The fraction of sp³-hybridized carbons (Fsp3) is 0.200. The summed E-state index contributed by atoms with van der Waals surface area (Å²) in [5, 5.41) is 1.00. The number of benzene rings is 1. The van der Waals surface area contributed by atoms with E-state index in [0.29, 0.717) is 10.6 Å². The van der Waals surface area contributed by atoms with Crippen LogP contribution in [0, 0.1) is 11.8 Å². The van der Waals surface area contributed by atoms with Crippen LogP contribution in [0.25, 0.3) is 10.9 Å². The van der Waals surface area contributed by atoms with Gasteiger partial charge in [-0.3, -0.25) is 0 Å². The summed E-state index contributed by atoms with van der Waals surface area (Å²) in [7, 11) is 1.35. The lowest BCUT2D eigenvalue weighted by molar-refractivity contribution is -0.736. The Balaban J connectivity index is 2.64. The monoisotopic (exact) mass is 191 g/mol. The van der Waals surface area contributed by atoms with Crippen molar-refractivity contribution in [2.24, 2.45) is 0 Å².